The Bertz CT molecular complexity index is 448. The minimum Gasteiger partial charge on any atom is -0.366 e. The van der Waals surface area contributed by atoms with E-state index in [1.54, 1.807) is 17.7 Å². The molecule has 3 N–H and O–H groups in total. The van der Waals surface area contributed by atoms with E-state index in [0.29, 0.717) is 5.56 Å². The van der Waals surface area contributed by atoms with E-state index >= 15 is 0 Å². The summed E-state index contributed by atoms with van der Waals surface area (Å²) in [6.07, 6.45) is 8.77. The summed E-state index contributed by atoms with van der Waals surface area (Å²) in [7, 11) is 0. The molecule has 1 aliphatic carbocycles. The third-order valence-electron chi connectivity index (χ3n) is 3.58. The number of benzene rings is 1. The van der Waals surface area contributed by atoms with Crippen LogP contribution in [0.1, 0.15) is 48.0 Å². The summed E-state index contributed by atoms with van der Waals surface area (Å²) >= 11 is 0. The Morgan fingerprint density at radius 3 is 2.63 bits per heavy atom. The van der Waals surface area contributed by atoms with Crippen LogP contribution in [0.4, 0.5) is 0 Å². The van der Waals surface area contributed by atoms with E-state index in [2.05, 4.69) is 11.4 Å². The summed E-state index contributed by atoms with van der Waals surface area (Å²) in [6.45, 7) is 1.86. The summed E-state index contributed by atoms with van der Waals surface area (Å²) in [5, 5.41) is 3.44. The Hall–Kier alpha value is -1.61. The minimum absolute atomic E-state index is 0.372. The molecule has 0 unspecified atom stereocenters. The maximum absolute atomic E-state index is 10.9. The van der Waals surface area contributed by atoms with Gasteiger partial charge in [0, 0.05) is 12.1 Å². The second-order valence-electron chi connectivity index (χ2n) is 5.10. The van der Waals surface area contributed by atoms with Crippen LogP contribution in [0.15, 0.2) is 35.9 Å². The van der Waals surface area contributed by atoms with Crippen LogP contribution in [0.2, 0.25) is 0 Å². The second-order valence-corrected chi connectivity index (χ2v) is 5.10. The number of nitrogens with one attached hydrogen (secondary N) is 1. The fraction of sp³-hybridized carbons (Fsp3) is 0.438. The van der Waals surface area contributed by atoms with E-state index in [1.807, 2.05) is 12.1 Å². The normalized spacial score (nSPS) is 15.1. The number of carbonyl (C=O) groups is 1. The molecule has 2 rings (SSSR count). The first-order chi connectivity index (χ1) is 9.25. The van der Waals surface area contributed by atoms with Gasteiger partial charge in [0.1, 0.15) is 0 Å². The van der Waals surface area contributed by atoms with E-state index < -0.39 is 0 Å². The van der Waals surface area contributed by atoms with Gasteiger partial charge in [-0.3, -0.25) is 4.79 Å². The molecule has 1 aliphatic rings. The number of hydrogen-bond acceptors (Lipinski definition) is 2. The zero-order chi connectivity index (χ0) is 13.5. The molecule has 102 valence electrons. The van der Waals surface area contributed by atoms with Crippen LogP contribution < -0.4 is 11.1 Å². The number of nitrogens with two attached hydrogens (primary N) is 1. The molecular weight excluding hydrogens is 236 g/mol. The van der Waals surface area contributed by atoms with Crippen LogP contribution in [0.5, 0.6) is 0 Å². The monoisotopic (exact) mass is 258 g/mol. The van der Waals surface area contributed by atoms with E-state index in [0.717, 1.165) is 19.5 Å². The number of hydrogen-bond donors (Lipinski definition) is 2. The highest BCUT2D eigenvalue weighted by molar-refractivity contribution is 5.92. The van der Waals surface area contributed by atoms with Crippen LogP contribution in [0.25, 0.3) is 0 Å². The zero-order valence-corrected chi connectivity index (χ0v) is 11.3. The van der Waals surface area contributed by atoms with Gasteiger partial charge >= 0.3 is 0 Å². The Morgan fingerprint density at radius 2 is 2.00 bits per heavy atom. The highest BCUT2D eigenvalue weighted by Crippen LogP contribution is 2.19. The third-order valence-corrected chi connectivity index (χ3v) is 3.58. The number of primary amides is 1. The first-order valence-corrected chi connectivity index (χ1v) is 7.03. The predicted octanol–water partition coefficient (Wildman–Crippen LogP) is 2.77. The van der Waals surface area contributed by atoms with Gasteiger partial charge in [-0.15, -0.1) is 0 Å². The van der Waals surface area contributed by atoms with Crippen molar-refractivity contribution in [2.24, 2.45) is 5.73 Å². The molecule has 0 saturated heterocycles. The molecule has 0 bridgehead atoms. The lowest BCUT2D eigenvalue weighted by Gasteiger charge is -2.13. The maximum Gasteiger partial charge on any atom is 0.248 e. The number of amides is 1. The molecule has 0 aliphatic heterocycles. The van der Waals surface area contributed by atoms with E-state index in [1.165, 1.54) is 31.2 Å². The quantitative estimate of drug-likeness (QED) is 0.609. The molecule has 3 nitrogen and oxygen atoms in total. The van der Waals surface area contributed by atoms with E-state index in [-0.39, 0.29) is 5.91 Å². The molecule has 0 fully saturated rings. The van der Waals surface area contributed by atoms with E-state index in [9.17, 15) is 4.79 Å². The van der Waals surface area contributed by atoms with Crippen molar-refractivity contribution in [3.8, 4) is 0 Å². The molecule has 19 heavy (non-hydrogen) atoms. The van der Waals surface area contributed by atoms with Crippen molar-refractivity contribution in [3.05, 3.63) is 47.0 Å². The van der Waals surface area contributed by atoms with Crippen molar-refractivity contribution in [2.45, 2.75) is 38.6 Å². The molecule has 1 amide bonds. The summed E-state index contributed by atoms with van der Waals surface area (Å²) in [5.41, 5.74) is 8.56. The average molecular weight is 258 g/mol. The molecule has 1 aromatic rings. The van der Waals surface area contributed by atoms with Crippen LogP contribution >= 0.6 is 0 Å². The molecule has 0 aromatic heterocycles. The van der Waals surface area contributed by atoms with Crippen LogP contribution in [0, 0.1) is 0 Å². The maximum atomic E-state index is 10.9. The van der Waals surface area contributed by atoms with Crippen molar-refractivity contribution in [2.75, 3.05) is 6.54 Å². The highest BCUT2D eigenvalue weighted by atomic mass is 16.1. The average Bonchev–Trinajstić information content (AvgIpc) is 2.45. The fourth-order valence-electron chi connectivity index (χ4n) is 2.40. The third kappa shape index (κ3) is 4.52. The van der Waals surface area contributed by atoms with Gasteiger partial charge in [0.2, 0.25) is 5.91 Å². The Kier molecular flexibility index (Phi) is 5.16. The van der Waals surface area contributed by atoms with Crippen molar-refractivity contribution < 1.29 is 4.79 Å². The minimum atomic E-state index is -0.372. The molecule has 3 heteroatoms. The number of allylic oxidation sites excluding steroid dienone is 1. The largest absolute Gasteiger partial charge is 0.366 e. The van der Waals surface area contributed by atoms with Crippen LogP contribution in [-0.4, -0.2) is 12.5 Å². The van der Waals surface area contributed by atoms with Gasteiger partial charge in [0.05, 0.1) is 0 Å². The Morgan fingerprint density at radius 1 is 1.21 bits per heavy atom. The molecule has 0 atom stereocenters. The second kappa shape index (κ2) is 7.10. The van der Waals surface area contributed by atoms with Gasteiger partial charge in [0.25, 0.3) is 0 Å². The summed E-state index contributed by atoms with van der Waals surface area (Å²) < 4.78 is 0. The van der Waals surface area contributed by atoms with Crippen LogP contribution in [0.3, 0.4) is 0 Å². The molecule has 0 spiro atoms. The standard InChI is InChI=1S/C16H22N2O/c17-16(19)15-8-6-14(7-9-15)12-18-11-10-13-4-2-1-3-5-13/h4,6-9,18H,1-3,5,10-12H2,(H2,17,19). The lowest BCUT2D eigenvalue weighted by molar-refractivity contribution is 0.100. The van der Waals surface area contributed by atoms with Crippen molar-refractivity contribution in [3.63, 3.8) is 0 Å². The Balaban J connectivity index is 1.70. The van der Waals surface area contributed by atoms with Gasteiger partial charge in [-0.05, 0) is 56.3 Å². The first-order valence-electron chi connectivity index (χ1n) is 7.03. The molecule has 0 saturated carbocycles. The van der Waals surface area contributed by atoms with E-state index in [4.69, 9.17) is 5.73 Å². The molecular formula is C16H22N2O. The smallest absolute Gasteiger partial charge is 0.248 e. The van der Waals surface area contributed by atoms with Crippen molar-refractivity contribution in [1.29, 1.82) is 0 Å². The topological polar surface area (TPSA) is 55.1 Å². The lowest BCUT2D eigenvalue weighted by Crippen LogP contribution is -2.16. The fourth-order valence-corrected chi connectivity index (χ4v) is 2.40. The van der Waals surface area contributed by atoms with Crippen LogP contribution in [-0.2, 0) is 6.54 Å². The predicted molar refractivity (Wildman–Crippen MR) is 77.8 cm³/mol. The van der Waals surface area contributed by atoms with Gasteiger partial charge < -0.3 is 11.1 Å². The number of carbonyl (C=O) groups excluding carboxylic acids is 1. The number of rotatable bonds is 6. The van der Waals surface area contributed by atoms with Crippen molar-refractivity contribution in [1.82, 2.24) is 5.32 Å². The summed E-state index contributed by atoms with van der Waals surface area (Å²) in [5.74, 6) is -0.372. The summed E-state index contributed by atoms with van der Waals surface area (Å²) in [4.78, 5) is 10.9. The molecule has 1 aromatic carbocycles. The summed E-state index contributed by atoms with van der Waals surface area (Å²) in [6, 6.07) is 7.46. The highest BCUT2D eigenvalue weighted by Gasteiger charge is 2.03. The van der Waals surface area contributed by atoms with Gasteiger partial charge in [-0.2, -0.15) is 0 Å². The SMILES string of the molecule is NC(=O)c1ccc(CNCCC2=CCCCC2)cc1. The lowest BCUT2D eigenvalue weighted by atomic mass is 9.97. The van der Waals surface area contributed by atoms with Gasteiger partial charge in [-0.25, -0.2) is 0 Å². The Labute approximate surface area is 114 Å². The van der Waals surface area contributed by atoms with Gasteiger partial charge in [-0.1, -0.05) is 23.8 Å². The van der Waals surface area contributed by atoms with Crippen molar-refractivity contribution >= 4 is 5.91 Å². The first kappa shape index (κ1) is 13.8. The zero-order valence-electron chi connectivity index (χ0n) is 11.3. The molecule has 0 heterocycles. The van der Waals surface area contributed by atoms with Gasteiger partial charge in [0.15, 0.2) is 0 Å². The molecule has 0 radical (unpaired) electrons.